The number of Topliss-reactive ketones (excluding diaryl/α,β-unsaturated/α-hetero) is 1. The highest BCUT2D eigenvalue weighted by molar-refractivity contribution is 5.95. The van der Waals surface area contributed by atoms with Gasteiger partial charge in [-0.1, -0.05) is 12.1 Å². The molecule has 2 aromatic rings. The zero-order valence-electron chi connectivity index (χ0n) is 9.17. The average molecular weight is 220 g/mol. The fourth-order valence-electron chi connectivity index (χ4n) is 1.38. The van der Waals surface area contributed by atoms with Gasteiger partial charge in [-0.25, -0.2) is 0 Å². The lowest BCUT2D eigenvalue weighted by Gasteiger charge is -1.97. The molecular formula is C10H12N4O2. The number of aromatic nitrogens is 4. The molecule has 0 aliphatic rings. The van der Waals surface area contributed by atoms with Crippen molar-refractivity contribution in [1.29, 1.82) is 0 Å². The Labute approximate surface area is 92.3 Å². The molecule has 0 aliphatic heterocycles. The Morgan fingerprint density at radius 3 is 2.94 bits per heavy atom. The molecule has 0 amide bonds. The van der Waals surface area contributed by atoms with E-state index in [1.54, 1.807) is 19.3 Å². The van der Waals surface area contributed by atoms with E-state index in [-0.39, 0.29) is 12.2 Å². The van der Waals surface area contributed by atoms with Crippen molar-refractivity contribution in [2.45, 2.75) is 19.8 Å². The van der Waals surface area contributed by atoms with Crippen LogP contribution in [-0.4, -0.2) is 25.7 Å². The fraction of sp³-hybridized carbons (Fsp3) is 0.400. The molecule has 0 saturated heterocycles. The molecule has 6 nitrogen and oxygen atoms in total. The van der Waals surface area contributed by atoms with Crippen molar-refractivity contribution in [2.75, 3.05) is 0 Å². The smallest absolute Gasteiger partial charge is 0.234 e. The van der Waals surface area contributed by atoms with Gasteiger partial charge in [-0.05, 0) is 6.07 Å². The SMILES string of the molecule is CCc1noc(CC(=O)c2ccnn2C)n1. The van der Waals surface area contributed by atoms with Gasteiger partial charge >= 0.3 is 0 Å². The minimum atomic E-state index is -0.0775. The van der Waals surface area contributed by atoms with Gasteiger partial charge in [0.25, 0.3) is 0 Å². The summed E-state index contributed by atoms with van der Waals surface area (Å²) in [6.45, 7) is 1.93. The van der Waals surface area contributed by atoms with Gasteiger partial charge in [-0.3, -0.25) is 9.48 Å². The van der Waals surface area contributed by atoms with E-state index >= 15 is 0 Å². The molecule has 2 heterocycles. The molecule has 0 unspecified atom stereocenters. The van der Waals surface area contributed by atoms with Crippen molar-refractivity contribution in [3.05, 3.63) is 29.7 Å². The van der Waals surface area contributed by atoms with Crippen molar-refractivity contribution >= 4 is 5.78 Å². The molecule has 0 aromatic carbocycles. The lowest BCUT2D eigenvalue weighted by atomic mass is 10.2. The number of carbonyl (C=O) groups excluding carboxylic acids is 1. The monoisotopic (exact) mass is 220 g/mol. The summed E-state index contributed by atoms with van der Waals surface area (Å²) >= 11 is 0. The van der Waals surface area contributed by atoms with E-state index in [0.29, 0.717) is 23.8 Å². The molecule has 84 valence electrons. The minimum Gasteiger partial charge on any atom is -0.339 e. The molecule has 0 spiro atoms. The van der Waals surface area contributed by atoms with Gasteiger partial charge in [0.05, 0.1) is 6.42 Å². The van der Waals surface area contributed by atoms with E-state index in [0.717, 1.165) is 0 Å². The highest BCUT2D eigenvalue weighted by atomic mass is 16.5. The molecule has 6 heteroatoms. The summed E-state index contributed by atoms with van der Waals surface area (Å²) in [6, 6.07) is 1.67. The fourth-order valence-corrected chi connectivity index (χ4v) is 1.38. The first-order valence-corrected chi connectivity index (χ1v) is 5.03. The second-order valence-electron chi connectivity index (χ2n) is 3.40. The third-order valence-electron chi connectivity index (χ3n) is 2.24. The summed E-state index contributed by atoms with van der Waals surface area (Å²) in [5.41, 5.74) is 0.538. The van der Waals surface area contributed by atoms with Crippen molar-refractivity contribution in [3.8, 4) is 0 Å². The summed E-state index contributed by atoms with van der Waals surface area (Å²) in [6.07, 6.45) is 2.40. The van der Waals surface area contributed by atoms with Crippen LogP contribution < -0.4 is 0 Å². The Morgan fingerprint density at radius 2 is 2.38 bits per heavy atom. The summed E-state index contributed by atoms with van der Waals surface area (Å²) in [4.78, 5) is 15.9. The highest BCUT2D eigenvalue weighted by Crippen LogP contribution is 2.05. The van der Waals surface area contributed by atoms with E-state index in [1.807, 2.05) is 6.92 Å². The third kappa shape index (κ3) is 2.00. The van der Waals surface area contributed by atoms with E-state index in [9.17, 15) is 4.79 Å². The van der Waals surface area contributed by atoms with Crippen LogP contribution in [0.25, 0.3) is 0 Å². The number of ketones is 1. The zero-order valence-corrected chi connectivity index (χ0v) is 9.17. The minimum absolute atomic E-state index is 0.0775. The Hall–Kier alpha value is -1.98. The largest absolute Gasteiger partial charge is 0.339 e. The standard InChI is InChI=1S/C10H12N4O2/c1-3-9-12-10(16-13-9)6-8(15)7-4-5-11-14(7)2/h4-5H,3,6H2,1-2H3. The lowest BCUT2D eigenvalue weighted by Crippen LogP contribution is -2.09. The second-order valence-corrected chi connectivity index (χ2v) is 3.40. The Morgan fingerprint density at radius 1 is 1.56 bits per heavy atom. The lowest BCUT2D eigenvalue weighted by molar-refractivity contribution is 0.0974. The first-order valence-electron chi connectivity index (χ1n) is 5.03. The zero-order chi connectivity index (χ0) is 11.5. The van der Waals surface area contributed by atoms with Gasteiger partial charge in [0.2, 0.25) is 5.89 Å². The molecule has 16 heavy (non-hydrogen) atoms. The highest BCUT2D eigenvalue weighted by Gasteiger charge is 2.14. The summed E-state index contributed by atoms with van der Waals surface area (Å²) in [7, 11) is 1.72. The van der Waals surface area contributed by atoms with Gasteiger partial charge < -0.3 is 4.52 Å². The normalized spacial score (nSPS) is 10.6. The van der Waals surface area contributed by atoms with Gasteiger partial charge in [-0.2, -0.15) is 10.1 Å². The predicted molar refractivity (Wildman–Crippen MR) is 54.9 cm³/mol. The molecule has 0 aliphatic carbocycles. The van der Waals surface area contributed by atoms with Crippen molar-refractivity contribution in [1.82, 2.24) is 19.9 Å². The second kappa shape index (κ2) is 4.26. The van der Waals surface area contributed by atoms with E-state index < -0.39 is 0 Å². The van der Waals surface area contributed by atoms with Crippen LogP contribution in [0.3, 0.4) is 0 Å². The number of hydrogen-bond donors (Lipinski definition) is 0. The third-order valence-corrected chi connectivity index (χ3v) is 2.24. The van der Waals surface area contributed by atoms with Gasteiger partial charge in [-0.15, -0.1) is 0 Å². The summed E-state index contributed by atoms with van der Waals surface area (Å²) in [5, 5.41) is 7.66. The van der Waals surface area contributed by atoms with Crippen molar-refractivity contribution in [2.24, 2.45) is 7.05 Å². The Balaban J connectivity index is 2.11. The number of aryl methyl sites for hydroxylation is 2. The molecule has 0 saturated carbocycles. The number of hydrogen-bond acceptors (Lipinski definition) is 5. The molecule has 2 rings (SSSR count). The number of carbonyl (C=O) groups is 1. The van der Waals surface area contributed by atoms with Crippen LogP contribution in [0, 0.1) is 0 Å². The number of nitrogens with zero attached hydrogens (tertiary/aromatic N) is 4. The summed E-state index contributed by atoms with van der Waals surface area (Å²) in [5.74, 6) is 0.891. The summed E-state index contributed by atoms with van der Waals surface area (Å²) < 4.78 is 6.48. The molecule has 0 atom stereocenters. The van der Waals surface area contributed by atoms with Crippen molar-refractivity contribution in [3.63, 3.8) is 0 Å². The van der Waals surface area contributed by atoms with Gasteiger partial charge in [0.15, 0.2) is 11.6 Å². The number of rotatable bonds is 4. The quantitative estimate of drug-likeness (QED) is 0.712. The van der Waals surface area contributed by atoms with Crippen LogP contribution in [0.15, 0.2) is 16.8 Å². The molecule has 2 aromatic heterocycles. The van der Waals surface area contributed by atoms with Gasteiger partial charge in [0.1, 0.15) is 5.69 Å². The maximum atomic E-state index is 11.8. The van der Waals surface area contributed by atoms with Crippen LogP contribution >= 0.6 is 0 Å². The first-order chi connectivity index (χ1) is 7.70. The molecular weight excluding hydrogens is 208 g/mol. The maximum absolute atomic E-state index is 11.8. The molecule has 0 radical (unpaired) electrons. The van der Waals surface area contributed by atoms with Crippen LogP contribution in [0.1, 0.15) is 29.1 Å². The maximum Gasteiger partial charge on any atom is 0.234 e. The molecule has 0 N–H and O–H groups in total. The van der Waals surface area contributed by atoms with Crippen LogP contribution in [0.4, 0.5) is 0 Å². The van der Waals surface area contributed by atoms with Crippen molar-refractivity contribution < 1.29 is 9.32 Å². The average Bonchev–Trinajstić information content (AvgIpc) is 2.86. The molecule has 0 bridgehead atoms. The first kappa shape index (κ1) is 10.5. The van der Waals surface area contributed by atoms with E-state index in [2.05, 4.69) is 15.2 Å². The van der Waals surface area contributed by atoms with E-state index in [1.165, 1.54) is 4.68 Å². The topological polar surface area (TPSA) is 73.8 Å². The van der Waals surface area contributed by atoms with E-state index in [4.69, 9.17) is 4.52 Å². The Kier molecular flexibility index (Phi) is 2.80. The predicted octanol–water partition coefficient (Wildman–Crippen LogP) is 0.791. The van der Waals surface area contributed by atoms with Crippen LogP contribution in [0.5, 0.6) is 0 Å². The Bertz CT molecular complexity index is 500. The van der Waals surface area contributed by atoms with Crippen LogP contribution in [-0.2, 0) is 19.9 Å². The molecule has 0 fully saturated rings. The van der Waals surface area contributed by atoms with Gasteiger partial charge in [0, 0.05) is 19.7 Å². The van der Waals surface area contributed by atoms with Crippen LogP contribution in [0.2, 0.25) is 0 Å².